The van der Waals surface area contributed by atoms with E-state index in [0.29, 0.717) is 18.1 Å². The summed E-state index contributed by atoms with van der Waals surface area (Å²) in [6.45, 7) is 3.90. The fraction of sp³-hybridized carbons (Fsp3) is 0.333. The Bertz CT molecular complexity index is 961. The number of benzene rings is 1. The highest BCUT2D eigenvalue weighted by molar-refractivity contribution is 5.96. The Hall–Kier alpha value is -2.82. The number of nitrogens with zero attached hydrogens (tertiary/aromatic N) is 3. The van der Waals surface area contributed by atoms with Gasteiger partial charge in [-0.1, -0.05) is 24.2 Å². The number of rotatable bonds is 5. The van der Waals surface area contributed by atoms with Gasteiger partial charge < -0.3 is 4.52 Å². The van der Waals surface area contributed by atoms with E-state index in [4.69, 9.17) is 4.52 Å². The minimum Gasteiger partial charge on any atom is -0.339 e. The Morgan fingerprint density at radius 2 is 2.15 bits per heavy atom. The molecule has 0 N–H and O–H groups in total. The van der Waals surface area contributed by atoms with Gasteiger partial charge in [0.05, 0.1) is 0 Å². The highest BCUT2D eigenvalue weighted by Gasteiger charge is 2.26. The van der Waals surface area contributed by atoms with Crippen LogP contribution in [0.3, 0.4) is 0 Å². The first-order valence-electron chi connectivity index (χ1n) is 9.05. The van der Waals surface area contributed by atoms with Crippen molar-refractivity contribution in [3.8, 4) is 11.4 Å². The second kappa shape index (κ2) is 6.83. The molecular weight excluding hydrogens is 326 g/mol. The molecule has 1 aromatic carbocycles. The van der Waals surface area contributed by atoms with Crippen molar-refractivity contribution in [3.63, 3.8) is 0 Å². The zero-order valence-electron chi connectivity index (χ0n) is 15.0. The standard InChI is InChI=1S/C21H21N3O2/c1-3-20-23-21(24-26-20)17-6-7-18-14(11-17)4-5-15(18)12-19(25)16-8-9-22-13(2)10-16/h6-11,15H,3-5,12H2,1-2H3/t15-/m0/s1. The first-order valence-corrected chi connectivity index (χ1v) is 9.05. The van der Waals surface area contributed by atoms with E-state index in [1.165, 1.54) is 11.1 Å². The molecule has 2 aromatic heterocycles. The number of pyridine rings is 1. The molecule has 26 heavy (non-hydrogen) atoms. The van der Waals surface area contributed by atoms with Crippen LogP contribution >= 0.6 is 0 Å². The maximum atomic E-state index is 12.6. The van der Waals surface area contributed by atoms with Crippen LogP contribution in [0.4, 0.5) is 0 Å². The van der Waals surface area contributed by atoms with Crippen molar-refractivity contribution in [1.82, 2.24) is 15.1 Å². The molecule has 0 aliphatic heterocycles. The lowest BCUT2D eigenvalue weighted by Crippen LogP contribution is -2.06. The maximum Gasteiger partial charge on any atom is 0.226 e. The summed E-state index contributed by atoms with van der Waals surface area (Å²) in [5.41, 5.74) is 5.16. The highest BCUT2D eigenvalue weighted by Crippen LogP contribution is 2.38. The van der Waals surface area contributed by atoms with E-state index in [9.17, 15) is 4.79 Å². The van der Waals surface area contributed by atoms with E-state index in [1.807, 2.05) is 26.0 Å². The number of hydrogen-bond acceptors (Lipinski definition) is 5. The van der Waals surface area contributed by atoms with Gasteiger partial charge in [-0.3, -0.25) is 9.78 Å². The van der Waals surface area contributed by atoms with Crippen LogP contribution in [0.1, 0.15) is 58.8 Å². The topological polar surface area (TPSA) is 68.9 Å². The summed E-state index contributed by atoms with van der Waals surface area (Å²) in [6, 6.07) is 9.96. The van der Waals surface area contributed by atoms with Crippen LogP contribution in [-0.2, 0) is 12.8 Å². The number of Topliss-reactive ketones (excluding diaryl/α,β-unsaturated/α-hetero) is 1. The van der Waals surface area contributed by atoms with E-state index in [2.05, 4.69) is 27.3 Å². The minimum atomic E-state index is 0.184. The van der Waals surface area contributed by atoms with Gasteiger partial charge in [0.25, 0.3) is 0 Å². The van der Waals surface area contributed by atoms with Gasteiger partial charge in [-0.25, -0.2) is 0 Å². The van der Waals surface area contributed by atoms with Crippen molar-refractivity contribution in [2.24, 2.45) is 0 Å². The Balaban J connectivity index is 1.53. The third-order valence-corrected chi connectivity index (χ3v) is 5.02. The number of carbonyl (C=O) groups is 1. The van der Waals surface area contributed by atoms with Gasteiger partial charge in [0.1, 0.15) is 0 Å². The summed E-state index contributed by atoms with van der Waals surface area (Å²) in [6.07, 6.45) is 4.96. The Morgan fingerprint density at radius 3 is 2.92 bits per heavy atom. The minimum absolute atomic E-state index is 0.184. The quantitative estimate of drug-likeness (QED) is 0.644. The predicted octanol–water partition coefficient (Wildman–Crippen LogP) is 4.31. The normalized spacial score (nSPS) is 15.8. The first-order chi connectivity index (χ1) is 12.6. The first kappa shape index (κ1) is 16.6. The molecule has 2 heterocycles. The van der Waals surface area contributed by atoms with E-state index in [-0.39, 0.29) is 11.7 Å². The predicted molar refractivity (Wildman–Crippen MR) is 98.1 cm³/mol. The highest BCUT2D eigenvalue weighted by atomic mass is 16.5. The number of carbonyl (C=O) groups excluding carboxylic acids is 1. The van der Waals surface area contributed by atoms with Gasteiger partial charge in [0.15, 0.2) is 5.78 Å². The van der Waals surface area contributed by atoms with Crippen molar-refractivity contribution < 1.29 is 9.32 Å². The number of aryl methyl sites for hydroxylation is 3. The molecule has 0 amide bonds. The molecule has 1 aliphatic carbocycles. The maximum absolute atomic E-state index is 12.6. The van der Waals surface area contributed by atoms with E-state index < -0.39 is 0 Å². The Labute approximate surface area is 152 Å². The van der Waals surface area contributed by atoms with Crippen LogP contribution in [0.25, 0.3) is 11.4 Å². The zero-order chi connectivity index (χ0) is 18.1. The lowest BCUT2D eigenvalue weighted by Gasteiger charge is -2.11. The lowest BCUT2D eigenvalue weighted by atomic mass is 9.92. The van der Waals surface area contributed by atoms with Crippen LogP contribution in [0.5, 0.6) is 0 Å². The summed E-state index contributed by atoms with van der Waals surface area (Å²) in [5.74, 6) is 1.74. The fourth-order valence-electron chi connectivity index (χ4n) is 3.63. The van der Waals surface area contributed by atoms with Gasteiger partial charge in [0, 0.05) is 35.9 Å². The molecule has 3 aromatic rings. The number of aromatic nitrogens is 3. The average Bonchev–Trinajstić information content (AvgIpc) is 3.28. The summed E-state index contributed by atoms with van der Waals surface area (Å²) >= 11 is 0. The van der Waals surface area contributed by atoms with Crippen molar-refractivity contribution >= 4 is 5.78 Å². The third-order valence-electron chi connectivity index (χ3n) is 5.02. The molecule has 0 spiro atoms. The fourth-order valence-corrected chi connectivity index (χ4v) is 3.63. The molecule has 5 nitrogen and oxygen atoms in total. The second-order valence-corrected chi connectivity index (χ2v) is 6.83. The van der Waals surface area contributed by atoms with Crippen LogP contribution in [0.2, 0.25) is 0 Å². The van der Waals surface area contributed by atoms with E-state index >= 15 is 0 Å². The van der Waals surface area contributed by atoms with Crippen LogP contribution in [-0.4, -0.2) is 20.9 Å². The van der Waals surface area contributed by atoms with Crippen molar-refractivity contribution in [1.29, 1.82) is 0 Å². The molecule has 5 heteroatoms. The zero-order valence-corrected chi connectivity index (χ0v) is 15.0. The van der Waals surface area contributed by atoms with Crippen molar-refractivity contribution in [2.45, 2.75) is 45.4 Å². The molecule has 4 rings (SSSR count). The third kappa shape index (κ3) is 3.17. The van der Waals surface area contributed by atoms with Gasteiger partial charge in [-0.2, -0.15) is 4.98 Å². The van der Waals surface area contributed by atoms with Crippen molar-refractivity contribution in [3.05, 3.63) is 64.8 Å². The Kier molecular flexibility index (Phi) is 4.37. The molecule has 0 saturated heterocycles. The molecular formula is C21H21N3O2. The van der Waals surface area contributed by atoms with Gasteiger partial charge in [-0.05, 0) is 55.0 Å². The second-order valence-electron chi connectivity index (χ2n) is 6.83. The average molecular weight is 347 g/mol. The molecule has 0 bridgehead atoms. The molecule has 132 valence electrons. The number of ketones is 1. The van der Waals surface area contributed by atoms with Crippen LogP contribution < -0.4 is 0 Å². The lowest BCUT2D eigenvalue weighted by molar-refractivity contribution is 0.0973. The SMILES string of the molecule is CCc1nc(-c2ccc3c(c2)CC[C@H]3CC(=O)c2ccnc(C)c2)no1. The summed E-state index contributed by atoms with van der Waals surface area (Å²) < 4.78 is 5.21. The number of hydrogen-bond donors (Lipinski definition) is 0. The van der Waals surface area contributed by atoms with Gasteiger partial charge in [-0.15, -0.1) is 0 Å². The molecule has 0 radical (unpaired) electrons. The van der Waals surface area contributed by atoms with E-state index in [0.717, 1.165) is 36.1 Å². The summed E-state index contributed by atoms with van der Waals surface area (Å²) in [7, 11) is 0. The summed E-state index contributed by atoms with van der Waals surface area (Å²) in [5, 5.41) is 4.05. The number of fused-ring (bicyclic) bond motifs is 1. The molecule has 0 unspecified atom stereocenters. The van der Waals surface area contributed by atoms with Crippen LogP contribution in [0.15, 0.2) is 41.1 Å². The smallest absolute Gasteiger partial charge is 0.226 e. The van der Waals surface area contributed by atoms with Crippen molar-refractivity contribution in [2.75, 3.05) is 0 Å². The molecule has 0 fully saturated rings. The summed E-state index contributed by atoms with van der Waals surface area (Å²) in [4.78, 5) is 21.2. The van der Waals surface area contributed by atoms with Gasteiger partial charge >= 0.3 is 0 Å². The van der Waals surface area contributed by atoms with Crippen LogP contribution in [0, 0.1) is 6.92 Å². The molecule has 1 aliphatic rings. The van der Waals surface area contributed by atoms with Gasteiger partial charge in [0.2, 0.25) is 11.7 Å². The Morgan fingerprint density at radius 1 is 1.27 bits per heavy atom. The monoisotopic (exact) mass is 347 g/mol. The molecule has 1 atom stereocenters. The largest absolute Gasteiger partial charge is 0.339 e. The molecule has 0 saturated carbocycles. The van der Waals surface area contributed by atoms with E-state index in [1.54, 1.807) is 12.3 Å².